The fourth-order valence-corrected chi connectivity index (χ4v) is 2.23. The van der Waals surface area contributed by atoms with Gasteiger partial charge in [-0.05, 0) is 20.4 Å². The first-order chi connectivity index (χ1) is 8.63. The molecule has 1 unspecified atom stereocenters. The summed E-state index contributed by atoms with van der Waals surface area (Å²) in [6.45, 7) is 8.64. The van der Waals surface area contributed by atoms with Gasteiger partial charge >= 0.3 is 0 Å². The van der Waals surface area contributed by atoms with E-state index in [1.54, 1.807) is 0 Å². The summed E-state index contributed by atoms with van der Waals surface area (Å²) in [6, 6.07) is 0.452. The molecule has 1 fully saturated rings. The molecule has 0 aromatic heterocycles. The lowest BCUT2D eigenvalue weighted by molar-refractivity contribution is -0.131. The van der Waals surface area contributed by atoms with Gasteiger partial charge in [-0.2, -0.15) is 0 Å². The molecule has 1 aliphatic rings. The highest BCUT2D eigenvalue weighted by Crippen LogP contribution is 2.03. The number of piperazine rings is 1. The summed E-state index contributed by atoms with van der Waals surface area (Å²) in [5, 5.41) is 3.34. The van der Waals surface area contributed by atoms with Crippen molar-refractivity contribution in [1.29, 1.82) is 0 Å². The second-order valence-electron chi connectivity index (χ2n) is 5.46. The smallest absolute Gasteiger partial charge is 0.236 e. The largest absolute Gasteiger partial charge is 0.339 e. The van der Waals surface area contributed by atoms with Gasteiger partial charge in [0.15, 0.2) is 0 Å². The van der Waals surface area contributed by atoms with Crippen LogP contribution in [-0.2, 0) is 4.79 Å². The van der Waals surface area contributed by atoms with Gasteiger partial charge in [-0.1, -0.05) is 26.2 Å². The average molecular weight is 255 g/mol. The minimum absolute atomic E-state index is 0.255. The molecule has 1 saturated heterocycles. The minimum atomic E-state index is 0.255. The minimum Gasteiger partial charge on any atom is -0.339 e. The van der Waals surface area contributed by atoms with Gasteiger partial charge in [0.05, 0.1) is 6.54 Å². The first-order valence-corrected chi connectivity index (χ1v) is 7.33. The summed E-state index contributed by atoms with van der Waals surface area (Å²) >= 11 is 0. The Morgan fingerprint density at radius 3 is 2.50 bits per heavy atom. The normalized spacial score (nSPS) is 18.9. The predicted octanol–water partition coefficient (Wildman–Crippen LogP) is 1.32. The molecule has 1 rings (SSSR count). The summed E-state index contributed by atoms with van der Waals surface area (Å²) in [5.41, 5.74) is 0. The quantitative estimate of drug-likeness (QED) is 0.697. The number of hydrogen-bond acceptors (Lipinski definition) is 3. The van der Waals surface area contributed by atoms with Crippen LogP contribution in [0.25, 0.3) is 0 Å². The molecule has 0 spiro atoms. The Kier molecular flexibility index (Phi) is 7.28. The molecule has 0 aliphatic carbocycles. The van der Waals surface area contributed by atoms with E-state index in [4.69, 9.17) is 0 Å². The van der Waals surface area contributed by atoms with Gasteiger partial charge in [-0.15, -0.1) is 0 Å². The average Bonchev–Trinajstić information content (AvgIpc) is 2.37. The second-order valence-corrected chi connectivity index (χ2v) is 5.46. The van der Waals surface area contributed by atoms with Crippen LogP contribution >= 0.6 is 0 Å². The Bertz CT molecular complexity index is 237. The van der Waals surface area contributed by atoms with Gasteiger partial charge in [-0.3, -0.25) is 4.79 Å². The van der Waals surface area contributed by atoms with E-state index in [9.17, 15) is 4.79 Å². The standard InChI is InChI=1S/C14H29N3O/c1-4-5-6-7-13(2)15-12-14(18)17-10-8-16(3)9-11-17/h13,15H,4-12H2,1-3H3. The number of hydrogen-bond donors (Lipinski definition) is 1. The van der Waals surface area contributed by atoms with E-state index in [0.717, 1.165) is 26.2 Å². The second kappa shape index (κ2) is 8.48. The third-order valence-electron chi connectivity index (χ3n) is 3.70. The van der Waals surface area contributed by atoms with Crippen LogP contribution in [0.4, 0.5) is 0 Å². The third-order valence-corrected chi connectivity index (χ3v) is 3.70. The zero-order valence-corrected chi connectivity index (χ0v) is 12.2. The Hall–Kier alpha value is -0.610. The molecule has 0 aromatic rings. The molecule has 106 valence electrons. The predicted molar refractivity (Wildman–Crippen MR) is 75.7 cm³/mol. The summed E-state index contributed by atoms with van der Waals surface area (Å²) in [5.74, 6) is 0.255. The van der Waals surface area contributed by atoms with Crippen molar-refractivity contribution in [1.82, 2.24) is 15.1 Å². The molecule has 1 N–H and O–H groups in total. The molecule has 0 radical (unpaired) electrons. The van der Waals surface area contributed by atoms with Crippen molar-refractivity contribution < 1.29 is 4.79 Å². The topological polar surface area (TPSA) is 35.6 Å². The van der Waals surface area contributed by atoms with Crippen molar-refractivity contribution in [2.75, 3.05) is 39.8 Å². The van der Waals surface area contributed by atoms with Gasteiger partial charge in [0.2, 0.25) is 5.91 Å². The number of rotatable bonds is 7. The number of nitrogens with one attached hydrogen (secondary N) is 1. The Morgan fingerprint density at radius 1 is 1.22 bits per heavy atom. The van der Waals surface area contributed by atoms with E-state index in [-0.39, 0.29) is 5.91 Å². The van der Waals surface area contributed by atoms with Crippen molar-refractivity contribution >= 4 is 5.91 Å². The van der Waals surface area contributed by atoms with Crippen LogP contribution in [0.1, 0.15) is 39.5 Å². The molecular weight excluding hydrogens is 226 g/mol. The molecule has 4 heteroatoms. The van der Waals surface area contributed by atoms with Crippen LogP contribution < -0.4 is 5.32 Å². The molecule has 0 bridgehead atoms. The molecule has 4 nitrogen and oxygen atoms in total. The zero-order chi connectivity index (χ0) is 13.4. The number of unbranched alkanes of at least 4 members (excludes halogenated alkanes) is 2. The van der Waals surface area contributed by atoms with E-state index in [1.807, 2.05) is 4.90 Å². The van der Waals surface area contributed by atoms with E-state index in [1.165, 1.54) is 25.7 Å². The van der Waals surface area contributed by atoms with Crippen molar-refractivity contribution in [3.63, 3.8) is 0 Å². The molecule has 0 saturated carbocycles. The summed E-state index contributed by atoms with van der Waals surface area (Å²) in [4.78, 5) is 16.2. The highest BCUT2D eigenvalue weighted by Gasteiger charge is 2.18. The van der Waals surface area contributed by atoms with Crippen LogP contribution in [-0.4, -0.2) is 61.5 Å². The van der Waals surface area contributed by atoms with Crippen LogP contribution in [0, 0.1) is 0 Å². The zero-order valence-electron chi connectivity index (χ0n) is 12.2. The number of carbonyl (C=O) groups is 1. The first-order valence-electron chi connectivity index (χ1n) is 7.33. The van der Waals surface area contributed by atoms with Gasteiger partial charge in [0.25, 0.3) is 0 Å². The molecule has 1 aliphatic heterocycles. The van der Waals surface area contributed by atoms with Crippen LogP contribution in [0.15, 0.2) is 0 Å². The summed E-state index contributed by atoms with van der Waals surface area (Å²) in [6.07, 6.45) is 4.97. The van der Waals surface area contributed by atoms with Crippen LogP contribution in [0.5, 0.6) is 0 Å². The fourth-order valence-electron chi connectivity index (χ4n) is 2.23. The SMILES string of the molecule is CCCCCC(C)NCC(=O)N1CCN(C)CC1. The molecule has 1 heterocycles. The number of amides is 1. The lowest BCUT2D eigenvalue weighted by Gasteiger charge is -2.32. The molecule has 1 amide bonds. The Labute approximate surface area is 112 Å². The Balaban J connectivity index is 2.12. The maximum Gasteiger partial charge on any atom is 0.236 e. The van der Waals surface area contributed by atoms with E-state index in [2.05, 4.69) is 31.1 Å². The van der Waals surface area contributed by atoms with Crippen LogP contribution in [0.3, 0.4) is 0 Å². The van der Waals surface area contributed by atoms with E-state index >= 15 is 0 Å². The molecular formula is C14H29N3O. The highest BCUT2D eigenvalue weighted by atomic mass is 16.2. The maximum absolute atomic E-state index is 12.0. The van der Waals surface area contributed by atoms with Gasteiger partial charge in [-0.25, -0.2) is 0 Å². The van der Waals surface area contributed by atoms with Gasteiger partial charge in [0.1, 0.15) is 0 Å². The monoisotopic (exact) mass is 255 g/mol. The number of likely N-dealkylation sites (N-methyl/N-ethyl adjacent to an activating group) is 1. The lowest BCUT2D eigenvalue weighted by Crippen LogP contribution is -2.50. The van der Waals surface area contributed by atoms with Crippen molar-refractivity contribution in [3.8, 4) is 0 Å². The lowest BCUT2D eigenvalue weighted by atomic mass is 10.1. The molecule has 18 heavy (non-hydrogen) atoms. The van der Waals surface area contributed by atoms with Crippen molar-refractivity contribution in [3.05, 3.63) is 0 Å². The third kappa shape index (κ3) is 5.83. The Morgan fingerprint density at radius 2 is 1.89 bits per heavy atom. The van der Waals surface area contributed by atoms with E-state index < -0.39 is 0 Å². The summed E-state index contributed by atoms with van der Waals surface area (Å²) < 4.78 is 0. The van der Waals surface area contributed by atoms with Crippen molar-refractivity contribution in [2.45, 2.75) is 45.6 Å². The van der Waals surface area contributed by atoms with Gasteiger partial charge < -0.3 is 15.1 Å². The fraction of sp³-hybridized carbons (Fsp3) is 0.929. The molecule has 0 aromatic carbocycles. The van der Waals surface area contributed by atoms with E-state index in [0.29, 0.717) is 12.6 Å². The molecule has 1 atom stereocenters. The highest BCUT2D eigenvalue weighted by molar-refractivity contribution is 5.78. The maximum atomic E-state index is 12.0. The number of nitrogens with zero attached hydrogens (tertiary/aromatic N) is 2. The summed E-state index contributed by atoms with van der Waals surface area (Å²) in [7, 11) is 2.11. The van der Waals surface area contributed by atoms with Crippen molar-refractivity contribution in [2.24, 2.45) is 0 Å². The van der Waals surface area contributed by atoms with Crippen LogP contribution in [0.2, 0.25) is 0 Å². The van der Waals surface area contributed by atoms with Gasteiger partial charge in [0, 0.05) is 32.2 Å². The first kappa shape index (κ1) is 15.4. The number of carbonyl (C=O) groups excluding carboxylic acids is 1.